The summed E-state index contributed by atoms with van der Waals surface area (Å²) in [5, 5.41) is 11.0. The van der Waals surface area contributed by atoms with Crippen molar-refractivity contribution in [1.29, 1.82) is 0 Å². The number of carbonyl (C=O) groups excluding carboxylic acids is 1. The van der Waals surface area contributed by atoms with E-state index >= 15 is 0 Å². The van der Waals surface area contributed by atoms with Crippen molar-refractivity contribution < 1.29 is 23.8 Å². The van der Waals surface area contributed by atoms with Gasteiger partial charge in [0, 0.05) is 12.0 Å². The number of esters is 1. The monoisotopic (exact) mass is 480 g/mol. The lowest BCUT2D eigenvalue weighted by molar-refractivity contribution is 0.0527. The second kappa shape index (κ2) is 10.1. The lowest BCUT2D eigenvalue weighted by Gasteiger charge is -2.22. The molecule has 0 radical (unpaired) electrons. The average Bonchev–Trinajstić information content (AvgIpc) is 2.91. The molecule has 0 spiro atoms. The summed E-state index contributed by atoms with van der Waals surface area (Å²) >= 11 is 0. The summed E-state index contributed by atoms with van der Waals surface area (Å²) in [5.74, 6) is -0.318. The van der Waals surface area contributed by atoms with Crippen LogP contribution in [0, 0.1) is 5.82 Å². The van der Waals surface area contributed by atoms with E-state index in [0.29, 0.717) is 28.9 Å². The number of carbonyl (C=O) groups is 1. The quantitative estimate of drug-likeness (QED) is 0.296. The van der Waals surface area contributed by atoms with Crippen molar-refractivity contribution in [2.75, 3.05) is 13.2 Å². The van der Waals surface area contributed by atoms with Gasteiger partial charge in [0.1, 0.15) is 23.9 Å². The molecule has 4 aromatic carbocycles. The van der Waals surface area contributed by atoms with Gasteiger partial charge < -0.3 is 14.6 Å². The maximum Gasteiger partial charge on any atom is 0.338 e. The van der Waals surface area contributed by atoms with Gasteiger partial charge in [0.25, 0.3) is 0 Å². The highest BCUT2D eigenvalue weighted by atomic mass is 19.1. The molecule has 1 aliphatic heterocycles. The Morgan fingerprint density at radius 2 is 1.61 bits per heavy atom. The average molecular weight is 481 g/mol. The lowest BCUT2D eigenvalue weighted by Crippen LogP contribution is -2.13. The highest BCUT2D eigenvalue weighted by Crippen LogP contribution is 2.37. The first-order valence-electron chi connectivity index (χ1n) is 11.8. The molecule has 0 saturated carbocycles. The highest BCUT2D eigenvalue weighted by Gasteiger charge is 2.22. The van der Waals surface area contributed by atoms with Gasteiger partial charge in [0.15, 0.2) is 0 Å². The minimum atomic E-state index is -0.519. The molecule has 36 heavy (non-hydrogen) atoms. The Labute approximate surface area is 209 Å². The number of ether oxygens (including phenoxy) is 2. The molecule has 5 rings (SSSR count). The second-order valence-corrected chi connectivity index (χ2v) is 8.60. The molecule has 4 nitrogen and oxygen atoms in total. The first-order chi connectivity index (χ1) is 17.5. The van der Waals surface area contributed by atoms with Gasteiger partial charge >= 0.3 is 5.97 Å². The van der Waals surface area contributed by atoms with Gasteiger partial charge in [-0.3, -0.25) is 0 Å². The first-order valence-corrected chi connectivity index (χ1v) is 11.8. The third-order valence-corrected chi connectivity index (χ3v) is 6.24. The molecule has 1 N–H and O–H groups in total. The molecule has 1 heterocycles. The van der Waals surface area contributed by atoms with Crippen LogP contribution in [0.4, 0.5) is 4.39 Å². The summed E-state index contributed by atoms with van der Waals surface area (Å²) in [6.07, 6.45) is 0.555. The third kappa shape index (κ3) is 4.73. The number of aliphatic hydroxyl groups excluding tert-OH is 1. The van der Waals surface area contributed by atoms with E-state index in [1.54, 1.807) is 25.1 Å². The minimum absolute atomic E-state index is 0.180. The van der Waals surface area contributed by atoms with Crippen molar-refractivity contribution in [1.82, 2.24) is 0 Å². The normalized spacial score (nSPS) is 12.6. The van der Waals surface area contributed by atoms with Crippen LogP contribution >= 0.6 is 0 Å². The Morgan fingerprint density at radius 1 is 0.889 bits per heavy atom. The number of halogens is 1. The molecular weight excluding hydrogens is 455 g/mol. The Bertz CT molecular complexity index is 1440. The van der Waals surface area contributed by atoms with E-state index in [1.807, 2.05) is 18.2 Å². The third-order valence-electron chi connectivity index (χ3n) is 6.24. The van der Waals surface area contributed by atoms with Gasteiger partial charge in [0.05, 0.1) is 17.7 Å². The largest absolute Gasteiger partial charge is 0.507 e. The van der Waals surface area contributed by atoms with E-state index in [-0.39, 0.29) is 24.5 Å². The standard InChI is InChI=1S/C31H25FO4/c1-2-35-31(34)26-15-13-25(32)18-28(26)23-12-14-27-29(17-23)36-19-24(30(27)33)16-20-8-10-22(11-9-20)21-6-4-3-5-7-21/h3-15,17-18,33H,2,16,19H2,1H3. The summed E-state index contributed by atoms with van der Waals surface area (Å²) in [6.45, 7) is 2.17. The van der Waals surface area contributed by atoms with Crippen molar-refractivity contribution >= 4 is 11.7 Å². The fourth-order valence-electron chi connectivity index (χ4n) is 4.40. The van der Waals surface area contributed by atoms with Gasteiger partial charge in [-0.15, -0.1) is 0 Å². The maximum absolute atomic E-state index is 14.0. The fraction of sp³-hybridized carbons (Fsp3) is 0.129. The Kier molecular flexibility index (Phi) is 6.54. The van der Waals surface area contributed by atoms with Crippen LogP contribution in [0.5, 0.6) is 5.75 Å². The first kappa shape index (κ1) is 23.4. The number of rotatable bonds is 6. The van der Waals surface area contributed by atoms with Crippen LogP contribution in [0.2, 0.25) is 0 Å². The molecule has 0 fully saturated rings. The van der Waals surface area contributed by atoms with Crippen molar-refractivity contribution in [3.05, 3.63) is 119 Å². The van der Waals surface area contributed by atoms with Gasteiger partial charge in [0.2, 0.25) is 0 Å². The van der Waals surface area contributed by atoms with Gasteiger partial charge in [-0.1, -0.05) is 60.7 Å². The fourth-order valence-corrected chi connectivity index (χ4v) is 4.40. The Balaban J connectivity index is 1.41. The van der Waals surface area contributed by atoms with E-state index in [2.05, 4.69) is 36.4 Å². The van der Waals surface area contributed by atoms with Crippen LogP contribution in [0.15, 0.2) is 96.6 Å². The zero-order valence-corrected chi connectivity index (χ0v) is 19.8. The van der Waals surface area contributed by atoms with Crippen LogP contribution in [0.25, 0.3) is 28.0 Å². The summed E-state index contributed by atoms with van der Waals surface area (Å²) in [6, 6.07) is 27.6. The summed E-state index contributed by atoms with van der Waals surface area (Å²) in [7, 11) is 0. The SMILES string of the molecule is CCOC(=O)c1ccc(F)cc1-c1ccc2c(c1)OCC(Cc1ccc(-c3ccccc3)cc1)=C2O. The zero-order valence-electron chi connectivity index (χ0n) is 19.8. The molecule has 0 atom stereocenters. The number of aliphatic hydroxyl groups is 1. The topological polar surface area (TPSA) is 55.8 Å². The smallest absolute Gasteiger partial charge is 0.338 e. The summed E-state index contributed by atoms with van der Waals surface area (Å²) in [4.78, 5) is 12.4. The van der Waals surface area contributed by atoms with Gasteiger partial charge in [-0.25, -0.2) is 9.18 Å². The predicted octanol–water partition coefficient (Wildman–Crippen LogP) is 7.24. The zero-order chi connectivity index (χ0) is 25.1. The molecule has 0 aromatic heterocycles. The minimum Gasteiger partial charge on any atom is -0.507 e. The Hall–Kier alpha value is -4.38. The van der Waals surface area contributed by atoms with E-state index < -0.39 is 11.8 Å². The van der Waals surface area contributed by atoms with Gasteiger partial charge in [-0.2, -0.15) is 0 Å². The molecular formula is C31H25FO4. The van der Waals surface area contributed by atoms with Crippen molar-refractivity contribution in [3.8, 4) is 28.0 Å². The lowest BCUT2D eigenvalue weighted by atomic mass is 9.94. The Morgan fingerprint density at radius 3 is 2.36 bits per heavy atom. The summed E-state index contributed by atoms with van der Waals surface area (Å²) in [5.41, 5.74) is 5.98. The molecule has 0 aliphatic carbocycles. The molecule has 0 saturated heterocycles. The number of benzene rings is 4. The number of hydrogen-bond acceptors (Lipinski definition) is 4. The van der Waals surface area contributed by atoms with Crippen LogP contribution in [0.1, 0.15) is 28.4 Å². The molecule has 0 bridgehead atoms. The van der Waals surface area contributed by atoms with E-state index in [1.165, 1.54) is 18.2 Å². The van der Waals surface area contributed by atoms with Crippen molar-refractivity contribution in [3.63, 3.8) is 0 Å². The molecule has 5 heteroatoms. The van der Waals surface area contributed by atoms with E-state index in [0.717, 1.165) is 22.3 Å². The molecule has 0 amide bonds. The van der Waals surface area contributed by atoms with Gasteiger partial charge in [-0.05, 0) is 65.1 Å². The van der Waals surface area contributed by atoms with E-state index in [4.69, 9.17) is 9.47 Å². The molecule has 1 aliphatic rings. The van der Waals surface area contributed by atoms with Crippen molar-refractivity contribution in [2.24, 2.45) is 0 Å². The summed E-state index contributed by atoms with van der Waals surface area (Å²) < 4.78 is 25.1. The molecule has 180 valence electrons. The maximum atomic E-state index is 14.0. The van der Waals surface area contributed by atoms with Crippen LogP contribution in [0.3, 0.4) is 0 Å². The predicted molar refractivity (Wildman–Crippen MR) is 138 cm³/mol. The van der Waals surface area contributed by atoms with Crippen LogP contribution < -0.4 is 4.74 Å². The number of hydrogen-bond donors (Lipinski definition) is 1. The van der Waals surface area contributed by atoms with E-state index in [9.17, 15) is 14.3 Å². The highest BCUT2D eigenvalue weighted by molar-refractivity contribution is 5.97. The molecule has 0 unspecified atom stereocenters. The van der Waals surface area contributed by atoms with Crippen LogP contribution in [-0.2, 0) is 11.2 Å². The van der Waals surface area contributed by atoms with Crippen LogP contribution in [-0.4, -0.2) is 24.3 Å². The molecule has 4 aromatic rings. The number of fused-ring (bicyclic) bond motifs is 1. The van der Waals surface area contributed by atoms with Crippen molar-refractivity contribution in [2.45, 2.75) is 13.3 Å². The second-order valence-electron chi connectivity index (χ2n) is 8.60.